The maximum atomic E-state index is 6.28. The lowest BCUT2D eigenvalue weighted by atomic mass is 9.96. The van der Waals surface area contributed by atoms with E-state index in [0.29, 0.717) is 5.04 Å². The molecule has 0 bridgehead atoms. The second kappa shape index (κ2) is 6.20. The van der Waals surface area contributed by atoms with Crippen LogP contribution in [0, 0.1) is 0 Å². The molecule has 0 N–H and O–H groups in total. The maximum absolute atomic E-state index is 6.28. The van der Waals surface area contributed by atoms with Crippen LogP contribution in [0.2, 0.25) is 5.04 Å². The summed E-state index contributed by atoms with van der Waals surface area (Å²) in [5.41, 5.74) is 2.33. The Bertz CT molecular complexity index is 526. The molecule has 0 unspecified atom stereocenters. The number of nitrogens with zero attached hydrogens (tertiary/aromatic N) is 1. The van der Waals surface area contributed by atoms with E-state index in [-0.39, 0.29) is 5.60 Å². The van der Waals surface area contributed by atoms with Gasteiger partial charge in [0.15, 0.2) is 9.76 Å². The van der Waals surface area contributed by atoms with E-state index in [0.717, 1.165) is 6.54 Å². The van der Waals surface area contributed by atoms with Crippen LogP contribution in [-0.2, 0) is 4.43 Å². The summed E-state index contributed by atoms with van der Waals surface area (Å²) in [5.74, 6) is 0. The van der Waals surface area contributed by atoms with Crippen molar-refractivity contribution in [2.75, 3.05) is 11.4 Å². The van der Waals surface area contributed by atoms with Crippen LogP contribution in [0.25, 0.3) is 0 Å². The molecule has 2 nitrogen and oxygen atoms in total. The molecule has 0 aliphatic carbocycles. The Balaban J connectivity index is 2.01. The number of anilines is 1. The minimum Gasteiger partial charge on any atom is -0.415 e. The maximum Gasteiger partial charge on any atom is 0.168 e. The number of rotatable bonds is 4. The van der Waals surface area contributed by atoms with E-state index in [1.54, 1.807) is 0 Å². The van der Waals surface area contributed by atoms with E-state index >= 15 is 0 Å². The van der Waals surface area contributed by atoms with Gasteiger partial charge in [-0.2, -0.15) is 0 Å². The minimum atomic E-state index is -0.552. The first-order valence-corrected chi connectivity index (χ1v) is 8.91. The summed E-state index contributed by atoms with van der Waals surface area (Å²) in [7, 11) is -0.552. The highest BCUT2D eigenvalue weighted by molar-refractivity contribution is 6.31. The van der Waals surface area contributed by atoms with Crippen molar-refractivity contribution in [3.8, 4) is 0 Å². The molecule has 1 aliphatic heterocycles. The van der Waals surface area contributed by atoms with Crippen LogP contribution >= 0.6 is 0 Å². The van der Waals surface area contributed by atoms with Gasteiger partial charge in [0, 0.05) is 18.4 Å². The van der Waals surface area contributed by atoms with Crippen molar-refractivity contribution in [1.29, 1.82) is 0 Å². The van der Waals surface area contributed by atoms with Crippen LogP contribution in [-0.4, -0.2) is 21.9 Å². The molecule has 1 heterocycles. The van der Waals surface area contributed by atoms with Gasteiger partial charge in [-0.1, -0.05) is 45.0 Å². The van der Waals surface area contributed by atoms with Gasteiger partial charge in [0.2, 0.25) is 0 Å². The molecule has 2 rings (SSSR count). The second-order valence-electron chi connectivity index (χ2n) is 7.32. The standard InChI is InChI=1S/C18H27NOSi/c1-17(2,3)21-20-18(4,5)15-11-13-19(14-12-15)16-9-7-6-8-10-16/h6-13H,14,21H2,1-5H3. The highest BCUT2D eigenvalue weighted by Gasteiger charge is 2.26. The van der Waals surface area contributed by atoms with Crippen LogP contribution in [0.4, 0.5) is 5.69 Å². The Morgan fingerprint density at radius 3 is 2.24 bits per heavy atom. The van der Waals surface area contributed by atoms with Gasteiger partial charge >= 0.3 is 0 Å². The van der Waals surface area contributed by atoms with Gasteiger partial charge in [-0.05, 0) is 42.7 Å². The first kappa shape index (κ1) is 16.1. The Morgan fingerprint density at radius 1 is 1.05 bits per heavy atom. The lowest BCUT2D eigenvalue weighted by Crippen LogP contribution is -2.33. The molecule has 1 aromatic carbocycles. The Morgan fingerprint density at radius 2 is 1.71 bits per heavy atom. The molecular weight excluding hydrogens is 274 g/mol. The summed E-state index contributed by atoms with van der Waals surface area (Å²) in [6, 6.07) is 10.5. The van der Waals surface area contributed by atoms with Crippen molar-refractivity contribution in [2.45, 2.75) is 45.3 Å². The second-order valence-corrected chi connectivity index (χ2v) is 10.0. The van der Waals surface area contributed by atoms with Gasteiger partial charge in [0.1, 0.15) is 0 Å². The summed E-state index contributed by atoms with van der Waals surface area (Å²) in [5, 5.41) is 0.326. The molecule has 21 heavy (non-hydrogen) atoms. The highest BCUT2D eigenvalue weighted by atomic mass is 28.2. The van der Waals surface area contributed by atoms with E-state index < -0.39 is 9.76 Å². The van der Waals surface area contributed by atoms with Crippen molar-refractivity contribution in [3.05, 3.63) is 54.3 Å². The smallest absolute Gasteiger partial charge is 0.168 e. The van der Waals surface area contributed by atoms with Gasteiger partial charge in [-0.25, -0.2) is 0 Å². The quantitative estimate of drug-likeness (QED) is 0.778. The average molecular weight is 302 g/mol. The van der Waals surface area contributed by atoms with Crippen LogP contribution in [0.1, 0.15) is 34.6 Å². The summed E-state index contributed by atoms with van der Waals surface area (Å²) in [4.78, 5) is 2.25. The molecule has 0 atom stereocenters. The van der Waals surface area contributed by atoms with Crippen LogP contribution < -0.4 is 4.90 Å². The van der Waals surface area contributed by atoms with Gasteiger partial charge < -0.3 is 9.33 Å². The molecule has 1 aromatic rings. The first-order chi connectivity index (χ1) is 9.78. The summed E-state index contributed by atoms with van der Waals surface area (Å²) < 4.78 is 6.28. The Kier molecular flexibility index (Phi) is 4.74. The Hall–Kier alpha value is -1.32. The fraction of sp³-hybridized carbons (Fsp3) is 0.444. The molecule has 0 amide bonds. The Labute approximate surface area is 131 Å². The number of hydrogen-bond donors (Lipinski definition) is 0. The average Bonchev–Trinajstić information content (AvgIpc) is 2.46. The predicted molar refractivity (Wildman–Crippen MR) is 94.4 cm³/mol. The molecule has 0 saturated heterocycles. The summed E-state index contributed by atoms with van der Waals surface area (Å²) >= 11 is 0. The predicted octanol–water partition coefficient (Wildman–Crippen LogP) is 4.04. The normalized spacial score (nSPS) is 16.6. The fourth-order valence-electron chi connectivity index (χ4n) is 2.23. The molecule has 1 aliphatic rings. The van der Waals surface area contributed by atoms with Gasteiger partial charge in [0.25, 0.3) is 0 Å². The van der Waals surface area contributed by atoms with Crippen LogP contribution in [0.5, 0.6) is 0 Å². The van der Waals surface area contributed by atoms with E-state index in [1.165, 1.54) is 11.3 Å². The largest absolute Gasteiger partial charge is 0.415 e. The molecule has 0 aromatic heterocycles. The van der Waals surface area contributed by atoms with Crippen LogP contribution in [0.3, 0.4) is 0 Å². The van der Waals surface area contributed by atoms with E-state index in [9.17, 15) is 0 Å². The van der Waals surface area contributed by atoms with E-state index in [1.807, 2.05) is 6.07 Å². The van der Waals surface area contributed by atoms with Gasteiger partial charge in [-0.15, -0.1) is 0 Å². The fourth-order valence-corrected chi connectivity index (χ4v) is 3.19. The zero-order valence-corrected chi connectivity index (χ0v) is 15.3. The van der Waals surface area contributed by atoms with Crippen LogP contribution in [0.15, 0.2) is 54.3 Å². The first-order valence-electron chi connectivity index (χ1n) is 7.62. The number of hydrogen-bond acceptors (Lipinski definition) is 2. The van der Waals surface area contributed by atoms with Crippen molar-refractivity contribution < 1.29 is 4.43 Å². The zero-order chi connectivity index (χ0) is 15.5. The van der Waals surface area contributed by atoms with Crippen molar-refractivity contribution in [2.24, 2.45) is 0 Å². The van der Waals surface area contributed by atoms with Crippen molar-refractivity contribution >= 4 is 15.5 Å². The van der Waals surface area contributed by atoms with E-state index in [2.05, 4.69) is 82.1 Å². The third kappa shape index (κ3) is 4.58. The molecule has 3 heteroatoms. The van der Waals surface area contributed by atoms with Crippen molar-refractivity contribution in [3.63, 3.8) is 0 Å². The summed E-state index contributed by atoms with van der Waals surface area (Å²) in [6.07, 6.45) is 6.63. The minimum absolute atomic E-state index is 0.182. The third-order valence-corrected chi connectivity index (χ3v) is 5.32. The number of para-hydroxylation sites is 1. The topological polar surface area (TPSA) is 12.5 Å². The lowest BCUT2D eigenvalue weighted by molar-refractivity contribution is 0.153. The summed E-state index contributed by atoms with van der Waals surface area (Å²) in [6.45, 7) is 12.0. The molecule has 0 fully saturated rings. The zero-order valence-electron chi connectivity index (χ0n) is 13.9. The molecule has 0 radical (unpaired) electrons. The highest BCUT2D eigenvalue weighted by Crippen LogP contribution is 2.29. The third-order valence-electron chi connectivity index (χ3n) is 3.59. The number of benzene rings is 1. The SMILES string of the molecule is CC(C)(C)[SiH2]OC(C)(C)C1=CCN(c2ccccc2)C=C1. The monoisotopic (exact) mass is 301 g/mol. The molecular formula is C18H27NOSi. The molecule has 0 spiro atoms. The van der Waals surface area contributed by atoms with Gasteiger partial charge in [0.05, 0.1) is 5.60 Å². The lowest BCUT2D eigenvalue weighted by Gasteiger charge is -2.34. The van der Waals surface area contributed by atoms with E-state index in [4.69, 9.17) is 4.43 Å². The van der Waals surface area contributed by atoms with Gasteiger partial charge in [-0.3, -0.25) is 0 Å². The van der Waals surface area contributed by atoms with Crippen molar-refractivity contribution in [1.82, 2.24) is 0 Å². The molecule has 0 saturated carbocycles. The molecule has 114 valence electrons.